The standard InChI is InChI=1S/C13H16N4O/c1-2-6-12(17-10-14-9-15-17)13(16-18)11-7-4-3-5-8-11/h3-5,7-10,12,18H,2,6H2,1H3/b16-13+/t12-/m0/s1. The van der Waals surface area contributed by atoms with Crippen LogP contribution in [0.3, 0.4) is 0 Å². The second kappa shape index (κ2) is 5.95. The summed E-state index contributed by atoms with van der Waals surface area (Å²) in [5, 5.41) is 16.9. The predicted octanol–water partition coefficient (Wildman–Crippen LogP) is 2.50. The molecule has 0 fully saturated rings. The van der Waals surface area contributed by atoms with Crippen LogP contribution in [0.5, 0.6) is 0 Å². The van der Waals surface area contributed by atoms with Crippen LogP contribution in [-0.2, 0) is 0 Å². The zero-order valence-corrected chi connectivity index (χ0v) is 10.3. The van der Waals surface area contributed by atoms with E-state index in [4.69, 9.17) is 0 Å². The molecule has 5 nitrogen and oxygen atoms in total. The summed E-state index contributed by atoms with van der Waals surface area (Å²) in [6, 6.07) is 9.53. The van der Waals surface area contributed by atoms with E-state index in [1.807, 2.05) is 30.3 Å². The summed E-state index contributed by atoms with van der Waals surface area (Å²) in [4.78, 5) is 3.95. The molecule has 18 heavy (non-hydrogen) atoms. The van der Waals surface area contributed by atoms with Crippen LogP contribution in [-0.4, -0.2) is 25.7 Å². The van der Waals surface area contributed by atoms with Crippen LogP contribution in [0.25, 0.3) is 0 Å². The second-order valence-corrected chi connectivity index (χ2v) is 4.03. The first kappa shape index (κ1) is 12.3. The molecule has 0 radical (unpaired) electrons. The molecular weight excluding hydrogens is 228 g/mol. The summed E-state index contributed by atoms with van der Waals surface area (Å²) >= 11 is 0. The molecule has 5 heteroatoms. The van der Waals surface area contributed by atoms with Crippen molar-refractivity contribution in [3.8, 4) is 0 Å². The molecule has 0 aliphatic carbocycles. The summed E-state index contributed by atoms with van der Waals surface area (Å²) in [6.45, 7) is 2.09. The van der Waals surface area contributed by atoms with Crippen molar-refractivity contribution >= 4 is 5.71 Å². The molecule has 0 saturated heterocycles. The van der Waals surface area contributed by atoms with Crippen LogP contribution in [0.15, 0.2) is 48.1 Å². The maximum absolute atomic E-state index is 9.30. The molecule has 2 rings (SSSR count). The third-order valence-corrected chi connectivity index (χ3v) is 2.81. The molecule has 0 amide bonds. The Morgan fingerprint density at radius 1 is 1.39 bits per heavy atom. The minimum absolute atomic E-state index is 0.0927. The van der Waals surface area contributed by atoms with Gasteiger partial charge in [-0.25, -0.2) is 9.67 Å². The van der Waals surface area contributed by atoms with Crippen LogP contribution in [0.4, 0.5) is 0 Å². The minimum Gasteiger partial charge on any atom is -0.411 e. The van der Waals surface area contributed by atoms with Crippen molar-refractivity contribution in [1.29, 1.82) is 0 Å². The Morgan fingerprint density at radius 2 is 2.17 bits per heavy atom. The van der Waals surface area contributed by atoms with Crippen molar-refractivity contribution in [2.45, 2.75) is 25.8 Å². The van der Waals surface area contributed by atoms with Gasteiger partial charge in [0.2, 0.25) is 0 Å². The van der Waals surface area contributed by atoms with Gasteiger partial charge in [-0.2, -0.15) is 5.10 Å². The van der Waals surface area contributed by atoms with Crippen LogP contribution in [0.1, 0.15) is 31.4 Å². The van der Waals surface area contributed by atoms with Gasteiger partial charge >= 0.3 is 0 Å². The lowest BCUT2D eigenvalue weighted by Gasteiger charge is -2.17. The van der Waals surface area contributed by atoms with Gasteiger partial charge in [-0.3, -0.25) is 0 Å². The summed E-state index contributed by atoms with van der Waals surface area (Å²) in [7, 11) is 0. The minimum atomic E-state index is -0.0927. The maximum Gasteiger partial charge on any atom is 0.137 e. The molecule has 0 spiro atoms. The number of oxime groups is 1. The lowest BCUT2D eigenvalue weighted by Crippen LogP contribution is -2.21. The summed E-state index contributed by atoms with van der Waals surface area (Å²) in [6.07, 6.45) is 4.95. The Labute approximate surface area is 106 Å². The monoisotopic (exact) mass is 244 g/mol. The van der Waals surface area contributed by atoms with E-state index >= 15 is 0 Å². The average molecular weight is 244 g/mol. The van der Waals surface area contributed by atoms with Gasteiger partial charge in [0.1, 0.15) is 18.4 Å². The Kier molecular flexibility index (Phi) is 4.06. The third-order valence-electron chi connectivity index (χ3n) is 2.81. The first-order valence-corrected chi connectivity index (χ1v) is 5.98. The lowest BCUT2D eigenvalue weighted by molar-refractivity contribution is 0.313. The fourth-order valence-corrected chi connectivity index (χ4v) is 1.97. The van der Waals surface area contributed by atoms with Crippen molar-refractivity contribution in [2.75, 3.05) is 0 Å². The van der Waals surface area contributed by atoms with Gasteiger partial charge in [0.05, 0.1) is 6.04 Å². The topological polar surface area (TPSA) is 63.3 Å². The van der Waals surface area contributed by atoms with Gasteiger partial charge in [0, 0.05) is 5.56 Å². The third kappa shape index (κ3) is 2.56. The van der Waals surface area contributed by atoms with E-state index in [0.29, 0.717) is 5.71 Å². The maximum atomic E-state index is 9.30. The lowest BCUT2D eigenvalue weighted by atomic mass is 10.00. The first-order valence-electron chi connectivity index (χ1n) is 5.98. The molecule has 0 unspecified atom stereocenters. The van der Waals surface area contributed by atoms with E-state index in [2.05, 4.69) is 22.2 Å². The molecule has 1 aromatic heterocycles. The fourth-order valence-electron chi connectivity index (χ4n) is 1.97. The van der Waals surface area contributed by atoms with Gasteiger partial charge in [0.25, 0.3) is 0 Å². The van der Waals surface area contributed by atoms with Crippen molar-refractivity contribution < 1.29 is 5.21 Å². The van der Waals surface area contributed by atoms with E-state index in [9.17, 15) is 5.21 Å². The number of rotatable bonds is 5. The number of benzene rings is 1. The Bertz CT molecular complexity index is 493. The number of aromatic nitrogens is 3. The van der Waals surface area contributed by atoms with Gasteiger partial charge in [-0.15, -0.1) is 0 Å². The van der Waals surface area contributed by atoms with Crippen molar-refractivity contribution in [3.05, 3.63) is 48.5 Å². The molecular formula is C13H16N4O. The van der Waals surface area contributed by atoms with Crippen LogP contribution >= 0.6 is 0 Å². The Morgan fingerprint density at radius 3 is 2.72 bits per heavy atom. The molecule has 1 N–H and O–H groups in total. The van der Waals surface area contributed by atoms with E-state index in [-0.39, 0.29) is 6.04 Å². The summed E-state index contributed by atoms with van der Waals surface area (Å²) in [5.74, 6) is 0. The van der Waals surface area contributed by atoms with E-state index in [1.54, 1.807) is 11.0 Å². The summed E-state index contributed by atoms with van der Waals surface area (Å²) in [5.41, 5.74) is 1.51. The highest BCUT2D eigenvalue weighted by Crippen LogP contribution is 2.19. The quantitative estimate of drug-likeness (QED) is 0.499. The van der Waals surface area contributed by atoms with Crippen molar-refractivity contribution in [3.63, 3.8) is 0 Å². The molecule has 1 aromatic carbocycles. The molecule has 0 bridgehead atoms. The predicted molar refractivity (Wildman–Crippen MR) is 68.7 cm³/mol. The zero-order chi connectivity index (χ0) is 12.8. The molecule has 0 aliphatic heterocycles. The SMILES string of the molecule is CCC[C@@H](/C(=N/O)c1ccccc1)n1cncn1. The Balaban J connectivity index is 2.35. The Hall–Kier alpha value is -2.17. The molecule has 2 aromatic rings. The van der Waals surface area contributed by atoms with E-state index < -0.39 is 0 Å². The highest BCUT2D eigenvalue weighted by atomic mass is 16.4. The van der Waals surface area contributed by atoms with Crippen molar-refractivity contribution in [1.82, 2.24) is 14.8 Å². The van der Waals surface area contributed by atoms with Crippen LogP contribution < -0.4 is 0 Å². The van der Waals surface area contributed by atoms with Gasteiger partial charge in [-0.05, 0) is 6.42 Å². The van der Waals surface area contributed by atoms with E-state index in [1.165, 1.54) is 6.33 Å². The number of hydrogen-bond acceptors (Lipinski definition) is 4. The zero-order valence-electron chi connectivity index (χ0n) is 10.3. The van der Waals surface area contributed by atoms with Gasteiger partial charge < -0.3 is 5.21 Å². The fraction of sp³-hybridized carbons (Fsp3) is 0.308. The number of hydrogen-bond donors (Lipinski definition) is 1. The molecule has 0 aliphatic rings. The van der Waals surface area contributed by atoms with E-state index in [0.717, 1.165) is 18.4 Å². The highest BCUT2D eigenvalue weighted by molar-refractivity contribution is 6.02. The largest absolute Gasteiger partial charge is 0.411 e. The van der Waals surface area contributed by atoms with Gasteiger partial charge in [-0.1, -0.05) is 48.8 Å². The number of nitrogens with zero attached hydrogens (tertiary/aromatic N) is 4. The smallest absolute Gasteiger partial charge is 0.137 e. The van der Waals surface area contributed by atoms with Gasteiger partial charge in [0.15, 0.2) is 0 Å². The summed E-state index contributed by atoms with van der Waals surface area (Å²) < 4.78 is 1.73. The molecule has 1 atom stereocenters. The molecule has 94 valence electrons. The average Bonchev–Trinajstić information content (AvgIpc) is 2.93. The highest BCUT2D eigenvalue weighted by Gasteiger charge is 2.20. The van der Waals surface area contributed by atoms with Crippen LogP contribution in [0.2, 0.25) is 0 Å². The first-order chi connectivity index (χ1) is 8.86. The normalized spacial score (nSPS) is 13.5. The van der Waals surface area contributed by atoms with Crippen molar-refractivity contribution in [2.24, 2.45) is 5.16 Å². The molecule has 0 saturated carbocycles. The second-order valence-electron chi connectivity index (χ2n) is 4.03. The molecule has 1 heterocycles. The van der Waals surface area contributed by atoms with Crippen LogP contribution in [0, 0.1) is 0 Å².